The van der Waals surface area contributed by atoms with Gasteiger partial charge in [-0.15, -0.1) is 0 Å². The number of carbonyl (C=O) groups excluding carboxylic acids is 1. The number of ether oxygens (including phenoxy) is 2. The molecule has 2 aliphatic heterocycles. The fraction of sp³-hybridized carbons (Fsp3) is 0.923. The largest absolute Gasteiger partial charge is 0.375 e. The van der Waals surface area contributed by atoms with Gasteiger partial charge in [0.2, 0.25) is 5.91 Å². The highest BCUT2D eigenvalue weighted by Gasteiger charge is 2.34. The van der Waals surface area contributed by atoms with Gasteiger partial charge in [0, 0.05) is 19.2 Å². The van der Waals surface area contributed by atoms with Crippen LogP contribution in [0.5, 0.6) is 0 Å². The lowest BCUT2D eigenvalue weighted by molar-refractivity contribution is -0.134. The molecule has 5 heteroatoms. The van der Waals surface area contributed by atoms with Crippen molar-refractivity contribution < 1.29 is 14.3 Å². The molecule has 0 aromatic heterocycles. The Morgan fingerprint density at radius 3 is 2.78 bits per heavy atom. The van der Waals surface area contributed by atoms with Gasteiger partial charge in [-0.3, -0.25) is 4.79 Å². The summed E-state index contributed by atoms with van der Waals surface area (Å²) in [5.41, 5.74) is 5.40. The van der Waals surface area contributed by atoms with Gasteiger partial charge in [-0.25, -0.2) is 0 Å². The molecular formula is C13H24N2O3. The molecule has 0 aromatic rings. The van der Waals surface area contributed by atoms with Gasteiger partial charge in [0.25, 0.3) is 0 Å². The Labute approximate surface area is 108 Å². The lowest BCUT2D eigenvalue weighted by Crippen LogP contribution is -2.48. The number of amides is 1. The summed E-state index contributed by atoms with van der Waals surface area (Å²) >= 11 is 0. The molecule has 0 spiro atoms. The molecule has 0 bridgehead atoms. The smallest absolute Gasteiger partial charge is 0.249 e. The fourth-order valence-corrected chi connectivity index (χ4v) is 2.72. The second-order valence-electron chi connectivity index (χ2n) is 5.87. The van der Waals surface area contributed by atoms with E-state index >= 15 is 0 Å². The van der Waals surface area contributed by atoms with Crippen LogP contribution in [0.25, 0.3) is 0 Å². The summed E-state index contributed by atoms with van der Waals surface area (Å²) in [6.45, 7) is 5.31. The van der Waals surface area contributed by atoms with Gasteiger partial charge in [-0.1, -0.05) is 0 Å². The average molecular weight is 256 g/mol. The van der Waals surface area contributed by atoms with Gasteiger partial charge in [-0.05, 0) is 39.5 Å². The first-order valence-electron chi connectivity index (χ1n) is 6.80. The number of rotatable bonds is 3. The monoisotopic (exact) mass is 256 g/mol. The van der Waals surface area contributed by atoms with Gasteiger partial charge < -0.3 is 20.5 Å². The van der Waals surface area contributed by atoms with Crippen molar-refractivity contribution >= 4 is 5.91 Å². The summed E-state index contributed by atoms with van der Waals surface area (Å²) in [5, 5.41) is 3.08. The standard InChI is InChI=1S/C13H24N2O3/c1-13(2)7-9(5-6-17-13)15-12(16)11-4-3-10(8-14)18-11/h9-11H,3-8,14H2,1-2H3,(H,15,16). The van der Waals surface area contributed by atoms with E-state index < -0.39 is 0 Å². The second kappa shape index (κ2) is 5.55. The predicted molar refractivity (Wildman–Crippen MR) is 68.1 cm³/mol. The van der Waals surface area contributed by atoms with E-state index in [2.05, 4.69) is 19.2 Å². The normalized spacial score (nSPS) is 35.4. The maximum absolute atomic E-state index is 12.1. The third kappa shape index (κ3) is 3.43. The van der Waals surface area contributed by atoms with E-state index in [-0.39, 0.29) is 29.8 Å². The zero-order chi connectivity index (χ0) is 13.2. The Morgan fingerprint density at radius 1 is 1.39 bits per heavy atom. The highest BCUT2D eigenvalue weighted by atomic mass is 16.5. The van der Waals surface area contributed by atoms with Crippen molar-refractivity contribution in [2.24, 2.45) is 5.73 Å². The number of hydrogen-bond donors (Lipinski definition) is 2. The van der Waals surface area contributed by atoms with E-state index in [0.717, 1.165) is 25.7 Å². The lowest BCUT2D eigenvalue weighted by Gasteiger charge is -2.36. The van der Waals surface area contributed by atoms with E-state index in [9.17, 15) is 4.79 Å². The summed E-state index contributed by atoms with van der Waals surface area (Å²) in [6, 6.07) is 0.196. The summed E-state index contributed by atoms with van der Waals surface area (Å²) in [6.07, 6.45) is 3.12. The van der Waals surface area contributed by atoms with E-state index in [1.165, 1.54) is 0 Å². The summed E-state index contributed by atoms with van der Waals surface area (Å²) in [5.74, 6) is 0.00801. The molecule has 2 rings (SSSR count). The average Bonchev–Trinajstić information content (AvgIpc) is 2.76. The molecule has 1 amide bonds. The van der Waals surface area contributed by atoms with Crippen LogP contribution in [0.3, 0.4) is 0 Å². The Kier molecular flexibility index (Phi) is 4.25. The summed E-state index contributed by atoms with van der Waals surface area (Å²) in [4.78, 5) is 12.1. The SMILES string of the molecule is CC1(C)CC(NC(=O)C2CCC(CN)O2)CCO1. The highest BCUT2D eigenvalue weighted by Crippen LogP contribution is 2.25. The van der Waals surface area contributed by atoms with Crippen LogP contribution >= 0.6 is 0 Å². The van der Waals surface area contributed by atoms with E-state index in [4.69, 9.17) is 15.2 Å². The summed E-state index contributed by atoms with van der Waals surface area (Å²) in [7, 11) is 0. The van der Waals surface area contributed by atoms with E-state index in [1.54, 1.807) is 0 Å². The van der Waals surface area contributed by atoms with Crippen molar-refractivity contribution in [1.82, 2.24) is 5.32 Å². The minimum absolute atomic E-state index is 0.00801. The van der Waals surface area contributed by atoms with Crippen molar-refractivity contribution in [3.63, 3.8) is 0 Å². The van der Waals surface area contributed by atoms with Crippen LogP contribution in [-0.2, 0) is 14.3 Å². The molecular weight excluding hydrogens is 232 g/mol. The molecule has 0 aromatic carbocycles. The Balaban J connectivity index is 1.81. The molecule has 0 radical (unpaired) electrons. The number of nitrogens with two attached hydrogens (primary N) is 1. The molecule has 3 N–H and O–H groups in total. The molecule has 2 fully saturated rings. The minimum Gasteiger partial charge on any atom is -0.375 e. The maximum atomic E-state index is 12.1. The molecule has 3 unspecified atom stereocenters. The fourth-order valence-electron chi connectivity index (χ4n) is 2.72. The second-order valence-corrected chi connectivity index (χ2v) is 5.87. The van der Waals surface area contributed by atoms with Crippen LogP contribution in [0.1, 0.15) is 39.5 Å². The first-order chi connectivity index (χ1) is 8.50. The molecule has 2 heterocycles. The third-order valence-corrected chi connectivity index (χ3v) is 3.71. The molecule has 5 nitrogen and oxygen atoms in total. The Hall–Kier alpha value is -0.650. The lowest BCUT2D eigenvalue weighted by atomic mass is 9.94. The van der Waals surface area contributed by atoms with Gasteiger partial charge >= 0.3 is 0 Å². The van der Waals surface area contributed by atoms with Crippen LogP contribution in [0, 0.1) is 0 Å². The predicted octanol–water partition coefficient (Wildman–Crippen LogP) is 0.567. The number of hydrogen-bond acceptors (Lipinski definition) is 4. The number of carbonyl (C=O) groups is 1. The Morgan fingerprint density at radius 2 is 2.17 bits per heavy atom. The van der Waals surface area contributed by atoms with Gasteiger partial charge in [0.1, 0.15) is 6.10 Å². The number of nitrogens with one attached hydrogen (secondary N) is 1. The molecule has 2 aliphatic rings. The molecule has 18 heavy (non-hydrogen) atoms. The van der Waals surface area contributed by atoms with E-state index in [1.807, 2.05) is 0 Å². The minimum atomic E-state index is -0.315. The Bertz CT molecular complexity index is 307. The molecule has 3 atom stereocenters. The van der Waals surface area contributed by atoms with Gasteiger partial charge in [0.05, 0.1) is 11.7 Å². The van der Waals surface area contributed by atoms with Crippen LogP contribution < -0.4 is 11.1 Å². The highest BCUT2D eigenvalue weighted by molar-refractivity contribution is 5.81. The van der Waals surface area contributed by atoms with Crippen LogP contribution in [0.15, 0.2) is 0 Å². The van der Waals surface area contributed by atoms with Crippen molar-refractivity contribution in [3.05, 3.63) is 0 Å². The molecule has 0 aliphatic carbocycles. The molecule has 2 saturated heterocycles. The molecule has 104 valence electrons. The van der Waals surface area contributed by atoms with E-state index in [0.29, 0.717) is 13.2 Å². The zero-order valence-electron chi connectivity index (χ0n) is 11.3. The van der Waals surface area contributed by atoms with Gasteiger partial charge in [0.15, 0.2) is 0 Å². The summed E-state index contributed by atoms with van der Waals surface area (Å²) < 4.78 is 11.2. The van der Waals surface area contributed by atoms with Crippen molar-refractivity contribution in [1.29, 1.82) is 0 Å². The zero-order valence-corrected chi connectivity index (χ0v) is 11.3. The van der Waals surface area contributed by atoms with Crippen LogP contribution in [0.4, 0.5) is 0 Å². The van der Waals surface area contributed by atoms with Crippen LogP contribution in [0.2, 0.25) is 0 Å². The van der Waals surface area contributed by atoms with Crippen molar-refractivity contribution in [2.45, 2.75) is 63.4 Å². The van der Waals surface area contributed by atoms with Crippen molar-refractivity contribution in [3.8, 4) is 0 Å². The first kappa shape index (κ1) is 13.8. The van der Waals surface area contributed by atoms with Crippen molar-refractivity contribution in [2.75, 3.05) is 13.2 Å². The van der Waals surface area contributed by atoms with Gasteiger partial charge in [-0.2, -0.15) is 0 Å². The maximum Gasteiger partial charge on any atom is 0.249 e. The topological polar surface area (TPSA) is 73.6 Å². The quantitative estimate of drug-likeness (QED) is 0.774. The third-order valence-electron chi connectivity index (χ3n) is 3.71. The first-order valence-corrected chi connectivity index (χ1v) is 6.80. The van der Waals surface area contributed by atoms with Crippen LogP contribution in [-0.4, -0.2) is 42.9 Å². The molecule has 0 saturated carbocycles.